The highest BCUT2D eigenvalue weighted by molar-refractivity contribution is 5.28. The first-order valence-electron chi connectivity index (χ1n) is 8.78. The van der Waals surface area contributed by atoms with Crippen LogP contribution in [-0.4, -0.2) is 35.1 Å². The highest BCUT2D eigenvalue weighted by Crippen LogP contribution is 2.44. The smallest absolute Gasteiger partial charge is 0.213 e. The van der Waals surface area contributed by atoms with Gasteiger partial charge in [-0.1, -0.05) is 27.2 Å². The van der Waals surface area contributed by atoms with Crippen molar-refractivity contribution in [3.8, 4) is 11.9 Å². The van der Waals surface area contributed by atoms with Crippen molar-refractivity contribution in [2.45, 2.75) is 58.6 Å². The van der Waals surface area contributed by atoms with E-state index in [0.29, 0.717) is 16.9 Å². The van der Waals surface area contributed by atoms with Gasteiger partial charge in [0.05, 0.1) is 5.56 Å². The molecule has 0 spiro atoms. The maximum Gasteiger partial charge on any atom is 0.213 e. The predicted molar refractivity (Wildman–Crippen MR) is 90.1 cm³/mol. The van der Waals surface area contributed by atoms with Crippen LogP contribution in [0.4, 0.5) is 0 Å². The number of ether oxygens (including phenoxy) is 1. The van der Waals surface area contributed by atoms with Gasteiger partial charge >= 0.3 is 0 Å². The molecule has 23 heavy (non-hydrogen) atoms. The number of rotatable bonds is 5. The lowest BCUT2D eigenvalue weighted by Crippen LogP contribution is -2.57. The van der Waals surface area contributed by atoms with Crippen molar-refractivity contribution < 1.29 is 4.74 Å². The molecular weight excluding hydrogens is 286 g/mol. The van der Waals surface area contributed by atoms with Crippen LogP contribution in [-0.2, 0) is 0 Å². The van der Waals surface area contributed by atoms with E-state index >= 15 is 0 Å². The van der Waals surface area contributed by atoms with Crippen LogP contribution < -0.4 is 4.74 Å². The fourth-order valence-corrected chi connectivity index (χ4v) is 3.82. The van der Waals surface area contributed by atoms with Crippen molar-refractivity contribution in [3.63, 3.8) is 0 Å². The summed E-state index contributed by atoms with van der Waals surface area (Å²) in [5.41, 5.74) is 1.05. The Bertz CT molecular complexity index is 569. The zero-order valence-electron chi connectivity index (χ0n) is 14.5. The maximum atomic E-state index is 8.78. The first-order chi connectivity index (χ1) is 11.0. The van der Waals surface area contributed by atoms with Gasteiger partial charge in [0, 0.05) is 31.4 Å². The quantitative estimate of drug-likeness (QED) is 0.833. The Hall–Kier alpha value is -1.60. The Kier molecular flexibility index (Phi) is 4.59. The van der Waals surface area contributed by atoms with Gasteiger partial charge in [0.15, 0.2) is 0 Å². The summed E-state index contributed by atoms with van der Waals surface area (Å²) in [5.74, 6) is 1.49. The molecule has 4 nitrogen and oxygen atoms in total. The molecule has 124 valence electrons. The minimum atomic E-state index is 0.244. The second-order valence-electron chi connectivity index (χ2n) is 7.70. The Balaban J connectivity index is 1.45. The van der Waals surface area contributed by atoms with Gasteiger partial charge in [0.25, 0.3) is 0 Å². The van der Waals surface area contributed by atoms with Crippen LogP contribution in [0.1, 0.15) is 52.0 Å². The largest absolute Gasteiger partial charge is 0.472 e. The lowest BCUT2D eigenvalue weighted by molar-refractivity contribution is -0.0122. The van der Waals surface area contributed by atoms with Gasteiger partial charge in [0.2, 0.25) is 5.88 Å². The highest BCUT2D eigenvalue weighted by Gasteiger charge is 2.41. The normalized spacial score (nSPS) is 25.8. The fourth-order valence-electron chi connectivity index (χ4n) is 3.82. The fraction of sp³-hybridized carbons (Fsp3) is 0.684. The van der Waals surface area contributed by atoms with Crippen molar-refractivity contribution >= 4 is 0 Å². The number of hydrogen-bond donors (Lipinski definition) is 0. The summed E-state index contributed by atoms with van der Waals surface area (Å²) in [6.07, 6.45) is 7.11. The van der Waals surface area contributed by atoms with E-state index in [2.05, 4.69) is 36.7 Å². The third-order valence-corrected chi connectivity index (χ3v) is 5.97. The summed E-state index contributed by atoms with van der Waals surface area (Å²) in [4.78, 5) is 6.76. The molecule has 2 fully saturated rings. The Morgan fingerprint density at radius 3 is 2.74 bits per heavy atom. The van der Waals surface area contributed by atoms with Gasteiger partial charge in [0.1, 0.15) is 12.2 Å². The molecule has 0 aromatic carbocycles. The lowest BCUT2D eigenvalue weighted by atomic mass is 9.75. The van der Waals surface area contributed by atoms with E-state index in [4.69, 9.17) is 10.00 Å². The summed E-state index contributed by atoms with van der Waals surface area (Å²) >= 11 is 0. The number of aromatic nitrogens is 1. The zero-order valence-corrected chi connectivity index (χ0v) is 14.5. The number of nitrogens with zero attached hydrogens (tertiary/aromatic N) is 3. The Labute approximate surface area is 139 Å². The van der Waals surface area contributed by atoms with E-state index in [9.17, 15) is 0 Å². The second-order valence-corrected chi connectivity index (χ2v) is 7.70. The van der Waals surface area contributed by atoms with Crippen LogP contribution in [0.25, 0.3) is 0 Å². The third-order valence-electron chi connectivity index (χ3n) is 5.97. The number of pyridine rings is 1. The SMILES string of the molecule is CCC(C)(C)C1CCC(N2CC(Oc3ccc(C#N)cn3)C2)C1. The van der Waals surface area contributed by atoms with Gasteiger partial charge in [-0.3, -0.25) is 4.90 Å². The molecule has 1 aliphatic carbocycles. The van der Waals surface area contributed by atoms with E-state index in [0.717, 1.165) is 25.0 Å². The van der Waals surface area contributed by atoms with Crippen LogP contribution in [0, 0.1) is 22.7 Å². The van der Waals surface area contributed by atoms with Gasteiger partial charge in [-0.05, 0) is 36.7 Å². The molecule has 1 aromatic rings. The van der Waals surface area contributed by atoms with Crippen molar-refractivity contribution in [3.05, 3.63) is 23.9 Å². The molecule has 0 amide bonds. The van der Waals surface area contributed by atoms with E-state index in [1.165, 1.54) is 25.7 Å². The molecular formula is C19H27N3O. The minimum Gasteiger partial charge on any atom is -0.472 e. The highest BCUT2D eigenvalue weighted by atomic mass is 16.5. The minimum absolute atomic E-state index is 0.244. The van der Waals surface area contributed by atoms with E-state index in [-0.39, 0.29) is 6.10 Å². The van der Waals surface area contributed by atoms with Crippen molar-refractivity contribution in [2.75, 3.05) is 13.1 Å². The molecule has 1 saturated heterocycles. The van der Waals surface area contributed by atoms with Crippen molar-refractivity contribution in [1.82, 2.24) is 9.88 Å². The van der Waals surface area contributed by atoms with Crippen LogP contribution in [0.3, 0.4) is 0 Å². The van der Waals surface area contributed by atoms with E-state index in [1.54, 1.807) is 18.3 Å². The van der Waals surface area contributed by atoms with Crippen LogP contribution in [0.5, 0.6) is 5.88 Å². The molecule has 2 unspecified atom stereocenters. The zero-order chi connectivity index (χ0) is 16.4. The van der Waals surface area contributed by atoms with E-state index in [1.807, 2.05) is 0 Å². The second kappa shape index (κ2) is 6.49. The molecule has 1 saturated carbocycles. The molecule has 2 aliphatic rings. The molecule has 2 atom stereocenters. The molecule has 4 heteroatoms. The molecule has 0 bridgehead atoms. The van der Waals surface area contributed by atoms with Crippen molar-refractivity contribution in [2.24, 2.45) is 11.3 Å². The lowest BCUT2D eigenvalue weighted by Gasteiger charge is -2.43. The average Bonchev–Trinajstić information content (AvgIpc) is 3.01. The predicted octanol–water partition coefficient (Wildman–Crippen LogP) is 3.62. The Morgan fingerprint density at radius 2 is 2.13 bits per heavy atom. The average molecular weight is 313 g/mol. The summed E-state index contributed by atoms with van der Waals surface area (Å²) in [5, 5.41) is 8.78. The van der Waals surface area contributed by atoms with Crippen molar-refractivity contribution in [1.29, 1.82) is 5.26 Å². The van der Waals surface area contributed by atoms with Gasteiger partial charge < -0.3 is 4.74 Å². The van der Waals surface area contributed by atoms with Gasteiger partial charge in [-0.15, -0.1) is 0 Å². The number of nitriles is 1. The molecule has 3 rings (SSSR count). The van der Waals surface area contributed by atoms with Crippen LogP contribution in [0.15, 0.2) is 18.3 Å². The Morgan fingerprint density at radius 1 is 1.35 bits per heavy atom. The molecule has 1 aliphatic heterocycles. The van der Waals surface area contributed by atoms with Crippen LogP contribution >= 0.6 is 0 Å². The standard InChI is InChI=1S/C19H27N3O/c1-4-19(2,3)15-6-7-16(9-15)22-12-17(13-22)23-18-8-5-14(10-20)11-21-18/h5,8,11,15-17H,4,6-7,9,12-13H2,1-3H3. The topological polar surface area (TPSA) is 49.1 Å². The molecule has 0 radical (unpaired) electrons. The number of likely N-dealkylation sites (tertiary alicyclic amines) is 1. The maximum absolute atomic E-state index is 8.78. The third kappa shape index (κ3) is 3.50. The molecule has 2 heterocycles. The summed E-state index contributed by atoms with van der Waals surface area (Å²) in [6.45, 7) is 9.15. The van der Waals surface area contributed by atoms with Gasteiger partial charge in [-0.2, -0.15) is 5.26 Å². The molecule has 0 N–H and O–H groups in total. The first kappa shape index (κ1) is 16.3. The van der Waals surface area contributed by atoms with Gasteiger partial charge in [-0.25, -0.2) is 4.98 Å². The van der Waals surface area contributed by atoms with E-state index < -0.39 is 0 Å². The summed E-state index contributed by atoms with van der Waals surface area (Å²) in [6, 6.07) is 6.36. The monoisotopic (exact) mass is 313 g/mol. The van der Waals surface area contributed by atoms with Crippen LogP contribution in [0.2, 0.25) is 0 Å². The number of hydrogen-bond acceptors (Lipinski definition) is 4. The summed E-state index contributed by atoms with van der Waals surface area (Å²) in [7, 11) is 0. The first-order valence-corrected chi connectivity index (χ1v) is 8.78. The summed E-state index contributed by atoms with van der Waals surface area (Å²) < 4.78 is 5.89. The molecule has 1 aromatic heterocycles.